The molecule has 0 unspecified atom stereocenters. The molecule has 0 amide bonds. The van der Waals surface area contributed by atoms with Gasteiger partial charge in [0, 0.05) is 23.1 Å². The van der Waals surface area contributed by atoms with Crippen molar-refractivity contribution in [2.75, 3.05) is 14.1 Å². The zero-order valence-electron chi connectivity index (χ0n) is 19.7. The van der Waals surface area contributed by atoms with Gasteiger partial charge in [0.15, 0.2) is 5.78 Å². The van der Waals surface area contributed by atoms with E-state index in [1.165, 1.54) is 22.3 Å². The van der Waals surface area contributed by atoms with Crippen LogP contribution >= 0.6 is 11.6 Å². The summed E-state index contributed by atoms with van der Waals surface area (Å²) in [6.07, 6.45) is 7.55. The van der Waals surface area contributed by atoms with Gasteiger partial charge in [0.1, 0.15) is 11.3 Å². The number of hydrogen-bond acceptors (Lipinski definition) is 3. The summed E-state index contributed by atoms with van der Waals surface area (Å²) in [6, 6.07) is 8.03. The molecule has 1 aromatic rings. The summed E-state index contributed by atoms with van der Waals surface area (Å²) in [6.45, 7) is 2.20. The maximum absolute atomic E-state index is 12.4. The van der Waals surface area contributed by atoms with Crippen LogP contribution in [0.2, 0.25) is 0 Å². The average Bonchev–Trinajstić information content (AvgIpc) is 3.03. The van der Waals surface area contributed by atoms with E-state index in [2.05, 4.69) is 30.4 Å². The van der Waals surface area contributed by atoms with E-state index in [0.717, 1.165) is 32.1 Å². The molecule has 5 rings (SSSR count). The van der Waals surface area contributed by atoms with Gasteiger partial charge in [-0.2, -0.15) is 0 Å². The third-order valence-corrected chi connectivity index (χ3v) is 9.15. The van der Waals surface area contributed by atoms with Crippen molar-refractivity contribution in [3.05, 3.63) is 57.8 Å². The normalized spacial score (nSPS) is 35.8. The minimum Gasteiger partial charge on any atom is -0.628 e. The quantitative estimate of drug-likeness (QED) is 0.352. The van der Waals surface area contributed by atoms with Crippen molar-refractivity contribution < 1.29 is 9.90 Å². The molecule has 0 saturated heterocycles. The topological polar surface area (TPSA) is 60.4 Å². The third kappa shape index (κ3) is 3.53. The summed E-state index contributed by atoms with van der Waals surface area (Å²) in [7, 11) is 3.26. The molecule has 0 bridgehead atoms. The predicted molar refractivity (Wildman–Crippen MR) is 132 cm³/mol. The molecule has 174 valence electrons. The van der Waals surface area contributed by atoms with Gasteiger partial charge in [-0.25, -0.2) is 0 Å². The smallest absolute Gasteiger partial charge is 0.156 e. The van der Waals surface area contributed by atoms with Gasteiger partial charge in [-0.15, -0.1) is 0 Å². The highest BCUT2D eigenvalue weighted by molar-refractivity contribution is 6.30. The molecule has 33 heavy (non-hydrogen) atoms. The molecule has 0 radical (unpaired) electrons. The lowest BCUT2D eigenvalue weighted by atomic mass is 9.51. The molecule has 0 spiro atoms. The number of carbonyl (C=O) groups is 1. The Balaban J connectivity index is 1.67. The number of rotatable bonds is 2. The lowest BCUT2D eigenvalue weighted by Gasteiger charge is -2.53. The summed E-state index contributed by atoms with van der Waals surface area (Å²) in [4.78, 5) is 12.2. The predicted octanol–water partition coefficient (Wildman–Crippen LogP) is 5.58. The van der Waals surface area contributed by atoms with Crippen LogP contribution in [0.25, 0.3) is 0 Å². The number of carbonyl (C=O) groups excluding carboxylic acids is 1. The van der Waals surface area contributed by atoms with Crippen molar-refractivity contribution in [3.63, 3.8) is 0 Å². The van der Waals surface area contributed by atoms with Crippen LogP contribution < -0.4 is 4.65 Å². The van der Waals surface area contributed by atoms with Crippen molar-refractivity contribution in [1.82, 2.24) is 4.65 Å². The third-order valence-electron chi connectivity index (χ3n) is 9.06. The number of ketones is 1. The first-order valence-electron chi connectivity index (χ1n) is 12.0. The standard InChI is InChI=1S/C28H32ClNO3/c1-27-17-24(18-4-7-20(8-5-18)30(2,3)33)26-22-11-9-21(31)16-19(22)6-10-23(26)25(27)12-13-28(27,32)14-15-29/h4-5,7-8,16,23-25,32H,6,9-13,17H2,1-3H3/t23-,24+,25-,27-,28+/m0/s1. The van der Waals surface area contributed by atoms with Crippen molar-refractivity contribution in [2.24, 2.45) is 17.3 Å². The number of hydrogen-bond donors (Lipinski definition) is 1. The molecule has 2 fully saturated rings. The average molecular weight is 466 g/mol. The van der Waals surface area contributed by atoms with Crippen LogP contribution in [-0.2, 0) is 4.79 Å². The summed E-state index contributed by atoms with van der Waals surface area (Å²) >= 11 is 5.82. The van der Waals surface area contributed by atoms with Gasteiger partial charge >= 0.3 is 0 Å². The van der Waals surface area contributed by atoms with E-state index in [-0.39, 0.29) is 17.1 Å². The van der Waals surface area contributed by atoms with Crippen molar-refractivity contribution in [1.29, 1.82) is 0 Å². The first kappa shape index (κ1) is 22.9. The van der Waals surface area contributed by atoms with Crippen molar-refractivity contribution in [2.45, 2.75) is 63.4 Å². The number of benzene rings is 1. The number of nitrogens with zero attached hydrogens (tertiary/aromatic N) is 1. The van der Waals surface area contributed by atoms with E-state index in [1.807, 2.05) is 18.2 Å². The Hall–Kier alpha value is -1.90. The molecule has 4 aliphatic carbocycles. The summed E-state index contributed by atoms with van der Waals surface area (Å²) < 4.78 is -0.471. The first-order chi connectivity index (χ1) is 15.6. The van der Waals surface area contributed by atoms with Crippen LogP contribution in [0.15, 0.2) is 47.1 Å². The van der Waals surface area contributed by atoms with Crippen molar-refractivity contribution in [3.8, 4) is 11.3 Å². The van der Waals surface area contributed by atoms with Gasteiger partial charge in [0.2, 0.25) is 0 Å². The number of quaternary nitrogens is 1. The minimum atomic E-state index is -1.10. The molecule has 4 aliphatic rings. The highest BCUT2D eigenvalue weighted by Crippen LogP contribution is 2.66. The van der Waals surface area contributed by atoms with Crippen LogP contribution in [0.3, 0.4) is 0 Å². The molecule has 0 heterocycles. The zero-order valence-corrected chi connectivity index (χ0v) is 20.4. The van der Waals surface area contributed by atoms with Gasteiger partial charge in [-0.05, 0) is 96.9 Å². The maximum atomic E-state index is 12.4. The van der Waals surface area contributed by atoms with Crippen LogP contribution in [-0.4, -0.2) is 30.6 Å². The molecule has 5 atom stereocenters. The monoisotopic (exact) mass is 465 g/mol. The van der Waals surface area contributed by atoms with Crippen LogP contribution in [0.5, 0.6) is 0 Å². The summed E-state index contributed by atoms with van der Waals surface area (Å²) in [5.74, 6) is 4.04. The van der Waals surface area contributed by atoms with E-state index in [0.29, 0.717) is 30.4 Å². The van der Waals surface area contributed by atoms with E-state index < -0.39 is 10.2 Å². The number of allylic oxidation sites excluding steroid dienone is 4. The second kappa shape index (κ2) is 7.82. The first-order valence-corrected chi connectivity index (χ1v) is 12.4. The fraction of sp³-hybridized carbons (Fsp3) is 0.536. The number of aliphatic hydroxyl groups is 1. The van der Waals surface area contributed by atoms with Gasteiger partial charge in [0.25, 0.3) is 0 Å². The van der Waals surface area contributed by atoms with Crippen LogP contribution in [0.4, 0.5) is 5.69 Å². The second-order valence-corrected chi connectivity index (χ2v) is 11.2. The fourth-order valence-corrected chi connectivity index (χ4v) is 7.47. The lowest BCUT2D eigenvalue weighted by Crippen LogP contribution is -2.51. The Morgan fingerprint density at radius 1 is 1.15 bits per heavy atom. The van der Waals surface area contributed by atoms with Crippen LogP contribution in [0, 0.1) is 33.8 Å². The van der Waals surface area contributed by atoms with Crippen LogP contribution in [0.1, 0.15) is 63.4 Å². The Morgan fingerprint density at radius 2 is 1.88 bits per heavy atom. The number of fused-ring (bicyclic) bond motifs is 4. The zero-order chi connectivity index (χ0) is 23.6. The second-order valence-electron chi connectivity index (χ2n) is 11.1. The Kier molecular flexibility index (Phi) is 5.42. The maximum Gasteiger partial charge on any atom is 0.156 e. The molecule has 1 N–H and O–H groups in total. The summed E-state index contributed by atoms with van der Waals surface area (Å²) in [5, 5.41) is 26.6. The van der Waals surface area contributed by atoms with E-state index in [9.17, 15) is 15.1 Å². The lowest BCUT2D eigenvalue weighted by molar-refractivity contribution is -0.114. The molecule has 2 saturated carbocycles. The molecule has 0 aliphatic heterocycles. The highest BCUT2D eigenvalue weighted by Gasteiger charge is 2.62. The van der Waals surface area contributed by atoms with Gasteiger partial charge in [-0.1, -0.05) is 30.6 Å². The Labute approximate surface area is 201 Å². The SMILES string of the molecule is C[C@]12C[C@H](c3ccc([N+](C)(C)[O-])cc3)C3=C4CCC(=O)C=C4CC[C@H]3[C@@H]1CC[C@@]2(O)C#CCl. The Bertz CT molecular complexity index is 1120. The van der Waals surface area contributed by atoms with Crippen molar-refractivity contribution >= 4 is 23.1 Å². The van der Waals surface area contributed by atoms with Gasteiger partial charge in [-0.3, -0.25) is 4.79 Å². The molecule has 4 nitrogen and oxygen atoms in total. The molecular weight excluding hydrogens is 434 g/mol. The highest BCUT2D eigenvalue weighted by atomic mass is 35.5. The number of halogens is 1. The van der Waals surface area contributed by atoms with Gasteiger partial charge < -0.3 is 15.0 Å². The molecular formula is C28H32ClNO3. The number of hydroxylamine groups is 2. The summed E-state index contributed by atoms with van der Waals surface area (Å²) in [5.41, 5.74) is 4.48. The Morgan fingerprint density at radius 3 is 2.55 bits per heavy atom. The van der Waals surface area contributed by atoms with E-state index in [4.69, 9.17) is 11.6 Å². The largest absolute Gasteiger partial charge is 0.628 e. The molecule has 5 heteroatoms. The molecule has 1 aromatic carbocycles. The minimum absolute atomic E-state index is 0.126. The molecule has 0 aromatic heterocycles. The van der Waals surface area contributed by atoms with E-state index in [1.54, 1.807) is 14.1 Å². The van der Waals surface area contributed by atoms with E-state index >= 15 is 0 Å². The van der Waals surface area contributed by atoms with Gasteiger partial charge in [0.05, 0.1) is 14.1 Å². The fourth-order valence-electron chi connectivity index (χ4n) is 7.31.